The van der Waals surface area contributed by atoms with E-state index in [2.05, 4.69) is 10.0 Å². The zero-order valence-electron chi connectivity index (χ0n) is 27.1. The molecule has 0 spiro atoms. The molecule has 6 rings (SSSR count). The van der Waals surface area contributed by atoms with E-state index in [1.807, 2.05) is 13.8 Å². The van der Waals surface area contributed by atoms with Crippen molar-refractivity contribution in [2.24, 2.45) is 0 Å². The van der Waals surface area contributed by atoms with Crippen LogP contribution in [0.1, 0.15) is 83.7 Å². The van der Waals surface area contributed by atoms with Crippen LogP contribution < -0.4 is 14.8 Å². The first kappa shape index (κ1) is 34.5. The van der Waals surface area contributed by atoms with Gasteiger partial charge in [0.05, 0.1) is 32.2 Å². The van der Waals surface area contributed by atoms with Gasteiger partial charge in [0, 0.05) is 40.4 Å². The van der Waals surface area contributed by atoms with E-state index in [1.54, 1.807) is 39.1 Å². The molecule has 0 saturated heterocycles. The van der Waals surface area contributed by atoms with Crippen molar-refractivity contribution in [2.45, 2.75) is 107 Å². The fourth-order valence-electron chi connectivity index (χ4n) is 6.33. The number of aromatic nitrogens is 1. The first-order chi connectivity index (χ1) is 22.0. The molecule has 12 nitrogen and oxygen atoms in total. The molecule has 14 heteroatoms. The second kappa shape index (κ2) is 13.0. The molecule has 0 aliphatic heterocycles. The summed E-state index contributed by atoms with van der Waals surface area (Å²) in [4.78, 5) is 41.0. The number of esters is 1. The lowest BCUT2D eigenvalue weighted by Gasteiger charge is -2.52. The number of hydrogen-bond donors (Lipinski definition) is 2. The topological polar surface area (TPSA) is 167 Å². The fraction of sp³-hybridized carbons (Fsp3) is 0.485. The average molecular weight is 685 g/mol. The summed E-state index contributed by atoms with van der Waals surface area (Å²) in [5.41, 5.74) is -0.397. The molecule has 0 atom stereocenters. The van der Waals surface area contributed by atoms with Gasteiger partial charge in [0.15, 0.2) is 0 Å². The third-order valence-electron chi connectivity index (χ3n) is 8.58. The second-order valence-corrected chi connectivity index (χ2v) is 16.4. The van der Waals surface area contributed by atoms with Crippen LogP contribution in [0.2, 0.25) is 0 Å². The standard InChI is InChI=1S/C33H40N4O8S2/c1-21(2)44-30(39)35-33-15-12-32(13-16-33,14-17-33)29-34-20-26(46-29)25-11-6-22(18-27(25)47(42,43)36-31(3,4)5)19-28(38)45-24-9-7-23(8-10-24)37(40)41/h6-11,18,20-21,36H,12-17,19H2,1-5H3,(H,35,39). The lowest BCUT2D eigenvalue weighted by atomic mass is 9.57. The lowest BCUT2D eigenvalue weighted by Crippen LogP contribution is -2.58. The van der Waals surface area contributed by atoms with Crippen LogP contribution in [0.4, 0.5) is 10.5 Å². The number of nitro groups is 1. The summed E-state index contributed by atoms with van der Waals surface area (Å²) >= 11 is 1.48. The molecule has 3 saturated carbocycles. The molecule has 47 heavy (non-hydrogen) atoms. The van der Waals surface area contributed by atoms with E-state index in [-0.39, 0.29) is 45.9 Å². The fourth-order valence-corrected chi connectivity index (χ4v) is 9.31. The molecular weight excluding hydrogens is 645 g/mol. The number of benzene rings is 2. The zero-order valence-corrected chi connectivity index (χ0v) is 28.8. The number of rotatable bonds is 10. The van der Waals surface area contributed by atoms with Crippen molar-refractivity contribution in [1.29, 1.82) is 0 Å². The predicted molar refractivity (Wildman–Crippen MR) is 177 cm³/mol. The second-order valence-electron chi connectivity index (χ2n) is 13.8. The Balaban J connectivity index is 1.38. The molecule has 2 bridgehead atoms. The van der Waals surface area contributed by atoms with Crippen LogP contribution >= 0.6 is 11.3 Å². The predicted octanol–water partition coefficient (Wildman–Crippen LogP) is 6.42. The largest absolute Gasteiger partial charge is 0.447 e. The molecule has 1 heterocycles. The van der Waals surface area contributed by atoms with Crippen molar-refractivity contribution in [3.05, 3.63) is 69.3 Å². The highest BCUT2D eigenvalue weighted by molar-refractivity contribution is 7.89. The molecule has 252 valence electrons. The normalized spacial score (nSPS) is 21.0. The Morgan fingerprint density at radius 2 is 1.68 bits per heavy atom. The van der Waals surface area contributed by atoms with E-state index in [0.29, 0.717) is 16.0 Å². The van der Waals surface area contributed by atoms with Crippen LogP contribution in [0.25, 0.3) is 10.4 Å². The quantitative estimate of drug-likeness (QED) is 0.106. The number of ether oxygens (including phenoxy) is 2. The number of carbonyl (C=O) groups excluding carboxylic acids is 2. The van der Waals surface area contributed by atoms with Crippen LogP contribution in [0.3, 0.4) is 0 Å². The van der Waals surface area contributed by atoms with Gasteiger partial charge in [0.2, 0.25) is 10.0 Å². The first-order valence-corrected chi connectivity index (χ1v) is 17.9. The van der Waals surface area contributed by atoms with E-state index in [9.17, 15) is 28.1 Å². The average Bonchev–Trinajstić information content (AvgIpc) is 3.48. The van der Waals surface area contributed by atoms with Gasteiger partial charge in [-0.15, -0.1) is 11.3 Å². The van der Waals surface area contributed by atoms with Crippen LogP contribution in [-0.2, 0) is 31.4 Å². The van der Waals surface area contributed by atoms with Crippen molar-refractivity contribution >= 4 is 39.1 Å². The minimum Gasteiger partial charge on any atom is -0.447 e. The van der Waals surface area contributed by atoms with Crippen LogP contribution in [0.15, 0.2) is 53.6 Å². The van der Waals surface area contributed by atoms with Gasteiger partial charge < -0.3 is 14.8 Å². The van der Waals surface area contributed by atoms with Crippen LogP contribution in [-0.4, -0.2) is 47.6 Å². The highest BCUT2D eigenvalue weighted by Gasteiger charge is 2.51. The SMILES string of the molecule is CC(C)OC(=O)NC12CCC(c3ncc(-c4ccc(CC(=O)Oc5ccc([N+](=O)[O-])cc5)cc4S(=O)(=O)NC(C)(C)C)s3)(CC1)CC2. The summed E-state index contributed by atoms with van der Waals surface area (Å²) in [6.07, 6.45) is 5.94. The van der Waals surface area contributed by atoms with Gasteiger partial charge in [-0.3, -0.25) is 14.9 Å². The molecule has 3 aliphatic rings. The van der Waals surface area contributed by atoms with Gasteiger partial charge in [0.1, 0.15) is 5.75 Å². The Bertz CT molecular complexity index is 1750. The number of fused-ring (bicyclic) bond motifs is 3. The van der Waals surface area contributed by atoms with E-state index in [0.717, 1.165) is 43.5 Å². The number of nitro benzene ring substituents is 1. The smallest absolute Gasteiger partial charge is 0.407 e. The third kappa shape index (κ3) is 7.99. The van der Waals surface area contributed by atoms with Gasteiger partial charge in [0.25, 0.3) is 5.69 Å². The number of amides is 1. The first-order valence-electron chi connectivity index (χ1n) is 15.6. The maximum atomic E-state index is 13.7. The van der Waals surface area contributed by atoms with E-state index in [4.69, 9.17) is 14.5 Å². The Labute approximate surface area is 278 Å². The minimum absolute atomic E-state index is 0.0277. The minimum atomic E-state index is -4.02. The maximum Gasteiger partial charge on any atom is 0.407 e. The monoisotopic (exact) mass is 684 g/mol. The highest BCUT2D eigenvalue weighted by atomic mass is 32.2. The molecule has 3 aromatic rings. The zero-order chi connectivity index (χ0) is 34.2. The molecule has 3 fully saturated rings. The van der Waals surface area contributed by atoms with Gasteiger partial charge in [-0.05, 0) is 96.9 Å². The number of hydrogen-bond acceptors (Lipinski definition) is 10. The number of nitrogens with zero attached hydrogens (tertiary/aromatic N) is 2. The van der Waals surface area contributed by atoms with E-state index in [1.165, 1.54) is 41.7 Å². The maximum absolute atomic E-state index is 13.7. The van der Waals surface area contributed by atoms with Crippen LogP contribution in [0, 0.1) is 10.1 Å². The summed E-state index contributed by atoms with van der Waals surface area (Å²) in [6.45, 7) is 8.91. The molecule has 1 aromatic heterocycles. The Hall–Kier alpha value is -3.88. The molecule has 0 unspecified atom stereocenters. The van der Waals surface area contributed by atoms with Gasteiger partial charge in [-0.2, -0.15) is 0 Å². The van der Waals surface area contributed by atoms with Crippen LogP contribution in [0.5, 0.6) is 5.75 Å². The number of thiazole rings is 1. The number of alkyl carbamates (subject to hydrolysis) is 1. The summed E-state index contributed by atoms with van der Waals surface area (Å²) in [5.74, 6) is -0.500. The lowest BCUT2D eigenvalue weighted by molar-refractivity contribution is -0.384. The number of sulfonamides is 1. The summed E-state index contributed by atoms with van der Waals surface area (Å²) in [5, 5.41) is 15.0. The summed E-state index contributed by atoms with van der Waals surface area (Å²) < 4.78 is 40.9. The van der Waals surface area contributed by atoms with E-state index < -0.39 is 26.5 Å². The van der Waals surface area contributed by atoms with Crippen molar-refractivity contribution in [3.63, 3.8) is 0 Å². The molecule has 3 aliphatic carbocycles. The number of non-ortho nitro benzene ring substituents is 1. The summed E-state index contributed by atoms with van der Waals surface area (Å²) in [6, 6.07) is 10.0. The van der Waals surface area contributed by atoms with Crippen molar-refractivity contribution in [1.82, 2.24) is 15.0 Å². The Morgan fingerprint density at radius 3 is 2.26 bits per heavy atom. The molecule has 2 aromatic carbocycles. The Kier molecular flexibility index (Phi) is 9.50. The van der Waals surface area contributed by atoms with Crippen molar-refractivity contribution < 1.29 is 32.4 Å². The number of carbonyl (C=O) groups is 2. The third-order valence-corrected chi connectivity index (χ3v) is 11.7. The van der Waals surface area contributed by atoms with Gasteiger partial charge in [-0.25, -0.2) is 22.9 Å². The van der Waals surface area contributed by atoms with Gasteiger partial charge >= 0.3 is 12.1 Å². The summed E-state index contributed by atoms with van der Waals surface area (Å²) in [7, 11) is -4.02. The van der Waals surface area contributed by atoms with Crippen molar-refractivity contribution in [2.75, 3.05) is 0 Å². The molecule has 0 radical (unpaired) electrons. The van der Waals surface area contributed by atoms with Gasteiger partial charge in [-0.1, -0.05) is 12.1 Å². The molecule has 2 N–H and O–H groups in total. The highest BCUT2D eigenvalue weighted by Crippen LogP contribution is 2.55. The van der Waals surface area contributed by atoms with Crippen molar-refractivity contribution in [3.8, 4) is 16.2 Å². The number of nitrogens with one attached hydrogen (secondary N) is 2. The molecule has 1 amide bonds. The Morgan fingerprint density at radius 1 is 1.04 bits per heavy atom. The molecular formula is C33H40N4O8S2. The van der Waals surface area contributed by atoms with E-state index >= 15 is 0 Å².